The molecule has 1 aromatic rings. The zero-order valence-corrected chi connectivity index (χ0v) is 7.40. The third-order valence-corrected chi connectivity index (χ3v) is 1.62. The van der Waals surface area contributed by atoms with Gasteiger partial charge in [-0.25, -0.2) is 0 Å². The molecule has 0 spiro atoms. The van der Waals surface area contributed by atoms with Gasteiger partial charge in [-0.3, -0.25) is 0 Å². The standard InChI is InChI=1S/C11H15N/c1-10(12)6-5-9-11-7-3-2-4-8-11/h2-5,7-10H,6,12H2,1H3. The van der Waals surface area contributed by atoms with Gasteiger partial charge in [-0.05, 0) is 18.9 Å². The number of hydrogen-bond acceptors (Lipinski definition) is 1. The lowest BCUT2D eigenvalue weighted by atomic mass is 10.2. The zero-order chi connectivity index (χ0) is 8.81. The number of benzene rings is 1. The van der Waals surface area contributed by atoms with Crippen molar-refractivity contribution in [2.45, 2.75) is 19.4 Å². The van der Waals surface area contributed by atoms with Crippen LogP contribution in [-0.2, 0) is 0 Å². The Hall–Kier alpha value is -1.08. The molecule has 0 aliphatic heterocycles. The number of hydrogen-bond donors (Lipinski definition) is 1. The molecule has 1 unspecified atom stereocenters. The summed E-state index contributed by atoms with van der Waals surface area (Å²) in [5, 5.41) is 0. The molecule has 0 aliphatic carbocycles. The molecule has 12 heavy (non-hydrogen) atoms. The van der Waals surface area contributed by atoms with Crippen molar-refractivity contribution in [2.75, 3.05) is 0 Å². The summed E-state index contributed by atoms with van der Waals surface area (Å²) in [6, 6.07) is 10.5. The molecular formula is C11H15N. The van der Waals surface area contributed by atoms with Crippen molar-refractivity contribution in [3.63, 3.8) is 0 Å². The van der Waals surface area contributed by atoms with Gasteiger partial charge in [0.2, 0.25) is 0 Å². The van der Waals surface area contributed by atoms with Gasteiger partial charge in [0.1, 0.15) is 0 Å². The van der Waals surface area contributed by atoms with Gasteiger partial charge in [-0.1, -0.05) is 42.5 Å². The quantitative estimate of drug-likeness (QED) is 0.724. The largest absolute Gasteiger partial charge is 0.328 e. The summed E-state index contributed by atoms with van der Waals surface area (Å²) in [7, 11) is 0. The predicted molar refractivity (Wildman–Crippen MR) is 53.7 cm³/mol. The fourth-order valence-electron chi connectivity index (χ4n) is 0.983. The van der Waals surface area contributed by atoms with Gasteiger partial charge in [0.15, 0.2) is 0 Å². The Balaban J connectivity index is 2.47. The lowest BCUT2D eigenvalue weighted by molar-refractivity contribution is 0.759. The molecule has 0 aliphatic rings. The van der Waals surface area contributed by atoms with Crippen LogP contribution in [0.3, 0.4) is 0 Å². The SMILES string of the molecule is CC(N)CC=Cc1ccccc1. The molecule has 0 saturated heterocycles. The molecule has 1 aromatic carbocycles. The summed E-state index contributed by atoms with van der Waals surface area (Å²) in [6.07, 6.45) is 5.15. The van der Waals surface area contributed by atoms with Crippen molar-refractivity contribution in [3.05, 3.63) is 42.0 Å². The minimum Gasteiger partial charge on any atom is -0.328 e. The smallest absolute Gasteiger partial charge is 0.00451 e. The Bertz CT molecular complexity index is 236. The summed E-state index contributed by atoms with van der Waals surface area (Å²) < 4.78 is 0. The van der Waals surface area contributed by atoms with E-state index < -0.39 is 0 Å². The molecule has 0 bridgehead atoms. The second-order valence-corrected chi connectivity index (χ2v) is 3.03. The highest BCUT2D eigenvalue weighted by molar-refractivity contribution is 5.48. The van der Waals surface area contributed by atoms with Crippen LogP contribution in [-0.4, -0.2) is 6.04 Å². The van der Waals surface area contributed by atoms with Crippen molar-refractivity contribution < 1.29 is 0 Å². The van der Waals surface area contributed by atoms with Gasteiger partial charge in [-0.2, -0.15) is 0 Å². The average Bonchev–Trinajstić information content (AvgIpc) is 2.05. The Kier molecular flexibility index (Phi) is 3.55. The van der Waals surface area contributed by atoms with E-state index in [0.29, 0.717) is 0 Å². The van der Waals surface area contributed by atoms with Crippen molar-refractivity contribution in [1.29, 1.82) is 0 Å². The second-order valence-electron chi connectivity index (χ2n) is 3.03. The first-order valence-corrected chi connectivity index (χ1v) is 4.26. The van der Waals surface area contributed by atoms with Gasteiger partial charge in [0.25, 0.3) is 0 Å². The van der Waals surface area contributed by atoms with E-state index in [4.69, 9.17) is 5.73 Å². The van der Waals surface area contributed by atoms with Gasteiger partial charge >= 0.3 is 0 Å². The van der Waals surface area contributed by atoms with Crippen molar-refractivity contribution in [2.24, 2.45) is 5.73 Å². The van der Waals surface area contributed by atoms with E-state index in [1.807, 2.05) is 25.1 Å². The van der Waals surface area contributed by atoms with Gasteiger partial charge in [-0.15, -0.1) is 0 Å². The van der Waals surface area contributed by atoms with E-state index in [1.54, 1.807) is 0 Å². The molecule has 0 aromatic heterocycles. The highest BCUT2D eigenvalue weighted by atomic mass is 14.6. The van der Waals surface area contributed by atoms with E-state index in [2.05, 4.69) is 24.3 Å². The fraction of sp³-hybridized carbons (Fsp3) is 0.273. The number of rotatable bonds is 3. The summed E-state index contributed by atoms with van der Waals surface area (Å²) >= 11 is 0. The predicted octanol–water partition coefficient (Wildman–Crippen LogP) is 2.44. The lowest BCUT2D eigenvalue weighted by Crippen LogP contribution is -2.12. The maximum absolute atomic E-state index is 5.61. The van der Waals surface area contributed by atoms with Crippen molar-refractivity contribution >= 4 is 6.08 Å². The van der Waals surface area contributed by atoms with Crippen molar-refractivity contribution in [3.8, 4) is 0 Å². The maximum Gasteiger partial charge on any atom is 0.00451 e. The molecule has 1 rings (SSSR count). The van der Waals surface area contributed by atoms with Crippen LogP contribution in [0.2, 0.25) is 0 Å². The molecule has 0 saturated carbocycles. The zero-order valence-electron chi connectivity index (χ0n) is 7.40. The highest BCUT2D eigenvalue weighted by Crippen LogP contribution is 2.02. The monoisotopic (exact) mass is 161 g/mol. The summed E-state index contributed by atoms with van der Waals surface area (Å²) in [5.41, 5.74) is 6.84. The molecular weight excluding hydrogens is 146 g/mol. The van der Waals surface area contributed by atoms with E-state index in [9.17, 15) is 0 Å². The fourth-order valence-corrected chi connectivity index (χ4v) is 0.983. The lowest BCUT2D eigenvalue weighted by Gasteiger charge is -1.97. The average molecular weight is 161 g/mol. The second kappa shape index (κ2) is 4.73. The molecule has 0 fully saturated rings. The molecule has 2 N–H and O–H groups in total. The van der Waals surface area contributed by atoms with Crippen LogP contribution in [0.4, 0.5) is 0 Å². The van der Waals surface area contributed by atoms with E-state index in [1.165, 1.54) is 5.56 Å². The number of nitrogens with two attached hydrogens (primary N) is 1. The minimum absolute atomic E-state index is 0.255. The Morgan fingerprint density at radius 3 is 2.58 bits per heavy atom. The van der Waals surface area contributed by atoms with Crippen LogP contribution in [0, 0.1) is 0 Å². The van der Waals surface area contributed by atoms with E-state index in [0.717, 1.165) is 6.42 Å². The first-order valence-electron chi connectivity index (χ1n) is 4.26. The van der Waals surface area contributed by atoms with Crippen LogP contribution in [0.15, 0.2) is 36.4 Å². The molecule has 1 heteroatoms. The van der Waals surface area contributed by atoms with Gasteiger partial charge < -0.3 is 5.73 Å². The van der Waals surface area contributed by atoms with Crippen LogP contribution in [0.5, 0.6) is 0 Å². The summed E-state index contributed by atoms with van der Waals surface area (Å²) in [6.45, 7) is 2.01. The summed E-state index contributed by atoms with van der Waals surface area (Å²) in [4.78, 5) is 0. The molecule has 1 atom stereocenters. The van der Waals surface area contributed by atoms with Crippen LogP contribution < -0.4 is 5.73 Å². The minimum atomic E-state index is 0.255. The molecule has 1 nitrogen and oxygen atoms in total. The molecule has 64 valence electrons. The summed E-state index contributed by atoms with van der Waals surface area (Å²) in [5.74, 6) is 0. The van der Waals surface area contributed by atoms with Gasteiger partial charge in [0, 0.05) is 6.04 Å². The topological polar surface area (TPSA) is 26.0 Å². The van der Waals surface area contributed by atoms with E-state index >= 15 is 0 Å². The van der Waals surface area contributed by atoms with E-state index in [-0.39, 0.29) is 6.04 Å². The molecule has 0 radical (unpaired) electrons. The Morgan fingerprint density at radius 1 is 1.33 bits per heavy atom. The van der Waals surface area contributed by atoms with Crippen LogP contribution in [0.25, 0.3) is 6.08 Å². The third kappa shape index (κ3) is 3.35. The van der Waals surface area contributed by atoms with Crippen LogP contribution in [0.1, 0.15) is 18.9 Å². The molecule has 0 heterocycles. The molecule has 0 amide bonds. The van der Waals surface area contributed by atoms with Gasteiger partial charge in [0.05, 0.1) is 0 Å². The Morgan fingerprint density at radius 2 is 2.00 bits per heavy atom. The first-order chi connectivity index (χ1) is 5.79. The first kappa shape index (κ1) is 9.01. The normalized spacial score (nSPS) is 13.5. The third-order valence-electron chi connectivity index (χ3n) is 1.62. The van der Waals surface area contributed by atoms with Crippen molar-refractivity contribution in [1.82, 2.24) is 0 Å². The van der Waals surface area contributed by atoms with Crippen LogP contribution >= 0.6 is 0 Å². The Labute approximate surface area is 73.9 Å². The highest BCUT2D eigenvalue weighted by Gasteiger charge is 1.87. The maximum atomic E-state index is 5.61.